The van der Waals surface area contributed by atoms with Crippen LogP contribution < -0.4 is 4.90 Å². The first-order valence-electron chi connectivity index (χ1n) is 6.04. The van der Waals surface area contributed by atoms with Crippen molar-refractivity contribution in [3.05, 3.63) is 58.9 Å². The lowest BCUT2D eigenvalue weighted by Gasteiger charge is -2.11. The summed E-state index contributed by atoms with van der Waals surface area (Å²) in [5.74, 6) is 1.01. The molecule has 0 saturated carbocycles. The monoisotopic (exact) mass is 285 g/mol. The average Bonchev–Trinajstić information content (AvgIpc) is 2.96. The third-order valence-corrected chi connectivity index (χ3v) is 3.71. The van der Waals surface area contributed by atoms with E-state index in [0.717, 1.165) is 17.5 Å². The van der Waals surface area contributed by atoms with Gasteiger partial charge in [-0.1, -0.05) is 18.2 Å². The van der Waals surface area contributed by atoms with Crippen LogP contribution in [0, 0.1) is 6.92 Å². The van der Waals surface area contributed by atoms with Gasteiger partial charge in [0.1, 0.15) is 11.5 Å². The van der Waals surface area contributed by atoms with Gasteiger partial charge in [0.25, 0.3) is 11.1 Å². The van der Waals surface area contributed by atoms with Crippen molar-refractivity contribution < 1.29 is 14.0 Å². The minimum atomic E-state index is -0.319. The Hall–Kier alpha value is -2.27. The summed E-state index contributed by atoms with van der Waals surface area (Å²) in [6.45, 7) is 1.83. The lowest BCUT2D eigenvalue weighted by Crippen LogP contribution is -2.27. The molecule has 1 aliphatic rings. The van der Waals surface area contributed by atoms with Crippen LogP contribution in [0.1, 0.15) is 11.5 Å². The summed E-state index contributed by atoms with van der Waals surface area (Å²) in [6, 6.07) is 12.5. The highest BCUT2D eigenvalue weighted by molar-refractivity contribution is 8.19. The highest BCUT2D eigenvalue weighted by Crippen LogP contribution is 2.35. The Morgan fingerprint density at radius 1 is 1.10 bits per heavy atom. The molecule has 0 atom stereocenters. The van der Waals surface area contributed by atoms with Gasteiger partial charge in [0.15, 0.2) is 0 Å². The Balaban J connectivity index is 1.93. The van der Waals surface area contributed by atoms with Crippen molar-refractivity contribution in [3.8, 4) is 0 Å². The van der Waals surface area contributed by atoms with Gasteiger partial charge < -0.3 is 4.42 Å². The predicted octanol–water partition coefficient (Wildman–Crippen LogP) is 3.83. The summed E-state index contributed by atoms with van der Waals surface area (Å²) >= 11 is 0.919. The first-order valence-corrected chi connectivity index (χ1v) is 6.86. The largest absolute Gasteiger partial charge is 0.462 e. The lowest BCUT2D eigenvalue weighted by molar-refractivity contribution is -0.113. The molecule has 1 aliphatic heterocycles. The van der Waals surface area contributed by atoms with Gasteiger partial charge in [-0.25, -0.2) is 4.90 Å². The standard InChI is InChI=1S/C15H11NO3S/c1-10-7-8-12(19-10)9-13-14(17)16(15(18)20-13)11-5-3-2-4-6-11/h2-9H,1H3. The minimum Gasteiger partial charge on any atom is -0.462 e. The fourth-order valence-corrected chi connectivity index (χ4v) is 2.75. The molecule has 0 radical (unpaired) electrons. The molecule has 0 bridgehead atoms. The number of imide groups is 1. The molecule has 2 heterocycles. The van der Waals surface area contributed by atoms with E-state index in [1.165, 1.54) is 4.90 Å². The summed E-state index contributed by atoms with van der Waals surface area (Å²) in [7, 11) is 0. The molecule has 0 N–H and O–H groups in total. The minimum absolute atomic E-state index is 0.296. The number of aryl methyl sites for hydroxylation is 1. The molecule has 5 heteroatoms. The number of thioether (sulfide) groups is 1. The molecule has 0 aliphatic carbocycles. The van der Waals surface area contributed by atoms with Crippen molar-refractivity contribution in [2.24, 2.45) is 0 Å². The van der Waals surface area contributed by atoms with Gasteiger partial charge in [-0.05, 0) is 43.0 Å². The molecule has 1 fully saturated rings. The SMILES string of the molecule is Cc1ccc(C=C2SC(=O)N(c3ccccc3)C2=O)o1. The highest BCUT2D eigenvalue weighted by Gasteiger charge is 2.36. The van der Waals surface area contributed by atoms with Gasteiger partial charge in [0, 0.05) is 6.08 Å². The fraction of sp³-hybridized carbons (Fsp3) is 0.0667. The molecular weight excluding hydrogens is 274 g/mol. The number of rotatable bonds is 2. The van der Waals surface area contributed by atoms with E-state index >= 15 is 0 Å². The zero-order valence-corrected chi connectivity index (χ0v) is 11.5. The van der Waals surface area contributed by atoms with Gasteiger partial charge >= 0.3 is 0 Å². The summed E-state index contributed by atoms with van der Waals surface area (Å²) in [5, 5.41) is -0.296. The lowest BCUT2D eigenvalue weighted by atomic mass is 10.3. The molecule has 20 heavy (non-hydrogen) atoms. The topological polar surface area (TPSA) is 50.5 Å². The van der Waals surface area contributed by atoms with Crippen LogP contribution >= 0.6 is 11.8 Å². The Labute approximate surface area is 120 Å². The molecular formula is C15H11NO3S. The third kappa shape index (κ3) is 2.28. The maximum Gasteiger partial charge on any atom is 0.298 e. The van der Waals surface area contributed by atoms with E-state index in [-0.39, 0.29) is 11.1 Å². The van der Waals surface area contributed by atoms with Crippen molar-refractivity contribution in [2.75, 3.05) is 4.90 Å². The molecule has 4 nitrogen and oxygen atoms in total. The van der Waals surface area contributed by atoms with Gasteiger partial charge in [-0.3, -0.25) is 9.59 Å². The first-order chi connectivity index (χ1) is 9.65. The van der Waals surface area contributed by atoms with Gasteiger partial charge in [-0.2, -0.15) is 0 Å². The van der Waals surface area contributed by atoms with Crippen LogP contribution in [0.15, 0.2) is 51.8 Å². The number of carbonyl (C=O) groups is 2. The van der Waals surface area contributed by atoms with E-state index < -0.39 is 0 Å². The van der Waals surface area contributed by atoms with Gasteiger partial charge in [-0.15, -0.1) is 0 Å². The molecule has 3 rings (SSSR count). The normalized spacial score (nSPS) is 17.2. The van der Waals surface area contributed by atoms with Crippen LogP contribution in [0.5, 0.6) is 0 Å². The van der Waals surface area contributed by atoms with E-state index in [2.05, 4.69) is 0 Å². The van der Waals surface area contributed by atoms with Crippen LogP contribution in [0.4, 0.5) is 10.5 Å². The number of benzene rings is 1. The second-order valence-corrected chi connectivity index (χ2v) is 5.29. The molecule has 2 amide bonds. The van der Waals surface area contributed by atoms with Gasteiger partial charge in [0.05, 0.1) is 10.6 Å². The second kappa shape index (κ2) is 5.02. The number of hydrogen-bond donors (Lipinski definition) is 0. The molecule has 0 unspecified atom stereocenters. The van der Waals surface area contributed by atoms with Crippen LogP contribution in [0.2, 0.25) is 0 Å². The maximum atomic E-state index is 12.3. The number of anilines is 1. The van der Waals surface area contributed by atoms with Crippen molar-refractivity contribution in [3.63, 3.8) is 0 Å². The average molecular weight is 285 g/mol. The van der Waals surface area contributed by atoms with E-state index in [1.807, 2.05) is 19.1 Å². The van der Waals surface area contributed by atoms with E-state index in [9.17, 15) is 9.59 Å². The summed E-state index contributed by atoms with van der Waals surface area (Å²) < 4.78 is 5.40. The highest BCUT2D eigenvalue weighted by atomic mass is 32.2. The summed E-state index contributed by atoms with van der Waals surface area (Å²) in [5.41, 5.74) is 0.578. The van der Waals surface area contributed by atoms with Crippen LogP contribution in [0.3, 0.4) is 0 Å². The Morgan fingerprint density at radius 3 is 2.50 bits per heavy atom. The molecule has 100 valence electrons. The number of para-hydroxylation sites is 1. The quantitative estimate of drug-likeness (QED) is 0.787. The molecule has 0 spiro atoms. The van der Waals surface area contributed by atoms with Crippen molar-refractivity contribution in [1.82, 2.24) is 0 Å². The first kappa shape index (κ1) is 12.7. The Morgan fingerprint density at radius 2 is 1.85 bits per heavy atom. The zero-order chi connectivity index (χ0) is 14.1. The molecule has 1 aromatic carbocycles. The summed E-state index contributed by atoms with van der Waals surface area (Å²) in [4.78, 5) is 25.8. The third-order valence-electron chi connectivity index (χ3n) is 2.84. The number of carbonyl (C=O) groups excluding carboxylic acids is 2. The smallest absolute Gasteiger partial charge is 0.298 e. The molecule has 1 saturated heterocycles. The number of hydrogen-bond acceptors (Lipinski definition) is 4. The van der Waals surface area contributed by atoms with E-state index in [0.29, 0.717) is 16.4 Å². The van der Waals surface area contributed by atoms with Crippen LogP contribution in [-0.2, 0) is 4.79 Å². The zero-order valence-electron chi connectivity index (χ0n) is 10.7. The van der Waals surface area contributed by atoms with E-state index in [1.54, 1.807) is 36.4 Å². The van der Waals surface area contributed by atoms with Gasteiger partial charge in [0.2, 0.25) is 0 Å². The van der Waals surface area contributed by atoms with Crippen molar-refractivity contribution in [2.45, 2.75) is 6.92 Å². The van der Waals surface area contributed by atoms with Crippen molar-refractivity contribution >= 4 is 34.7 Å². The van der Waals surface area contributed by atoms with Crippen molar-refractivity contribution in [1.29, 1.82) is 0 Å². The molecule has 1 aromatic heterocycles. The number of amides is 2. The molecule has 2 aromatic rings. The number of furan rings is 1. The van der Waals surface area contributed by atoms with E-state index in [4.69, 9.17) is 4.42 Å². The van der Waals surface area contributed by atoms with Crippen LogP contribution in [-0.4, -0.2) is 11.1 Å². The summed E-state index contributed by atoms with van der Waals surface area (Å²) in [6.07, 6.45) is 1.60. The second-order valence-electron chi connectivity index (χ2n) is 4.30. The van der Waals surface area contributed by atoms with Crippen LogP contribution in [0.25, 0.3) is 6.08 Å². The Bertz CT molecular complexity index is 703. The maximum absolute atomic E-state index is 12.3. The predicted molar refractivity (Wildman–Crippen MR) is 78.3 cm³/mol. The fourth-order valence-electron chi connectivity index (χ4n) is 1.93. The Kier molecular flexibility index (Phi) is 3.20. The number of nitrogens with zero attached hydrogens (tertiary/aromatic N) is 1.